The van der Waals surface area contributed by atoms with Gasteiger partial charge in [0.1, 0.15) is 0 Å². The highest BCUT2D eigenvalue weighted by Gasteiger charge is 2.35. The molecule has 2 bridgehead atoms. The van der Waals surface area contributed by atoms with Crippen LogP contribution in [0.3, 0.4) is 0 Å². The molecule has 3 rings (SSSR count). The lowest BCUT2D eigenvalue weighted by molar-refractivity contribution is 0.182. The number of allylic oxidation sites excluding steroid dienone is 1. The fourth-order valence-electron chi connectivity index (χ4n) is 2.60. The van der Waals surface area contributed by atoms with Crippen molar-refractivity contribution in [1.29, 1.82) is 0 Å². The first-order chi connectivity index (χ1) is 6.36. The maximum atomic E-state index is 9.76. The normalized spacial score (nSPS) is 34.7. The summed E-state index contributed by atoms with van der Waals surface area (Å²) in [6.07, 6.45) is 4.92. The smallest absolute Gasteiger partial charge is 0.0790 e. The van der Waals surface area contributed by atoms with Gasteiger partial charge in [0.2, 0.25) is 0 Å². The summed E-state index contributed by atoms with van der Waals surface area (Å²) in [5.41, 5.74) is 2.77. The van der Waals surface area contributed by atoms with Crippen molar-refractivity contribution in [2.75, 3.05) is 0 Å². The number of hydrogen-bond acceptors (Lipinski definition) is 1. The molecule has 3 unspecified atom stereocenters. The molecule has 1 aromatic carbocycles. The van der Waals surface area contributed by atoms with Crippen molar-refractivity contribution in [1.82, 2.24) is 0 Å². The van der Waals surface area contributed by atoms with E-state index >= 15 is 0 Å². The average Bonchev–Trinajstić information content (AvgIpc) is 2.48. The summed E-state index contributed by atoms with van der Waals surface area (Å²) in [4.78, 5) is 0. The quantitative estimate of drug-likeness (QED) is 0.595. The van der Waals surface area contributed by atoms with Crippen LogP contribution < -0.4 is 0 Å². The Morgan fingerprint density at radius 1 is 1.08 bits per heavy atom. The van der Waals surface area contributed by atoms with E-state index in [0.29, 0.717) is 11.8 Å². The Hall–Kier alpha value is -1.08. The first-order valence-electron chi connectivity index (χ1n) is 4.81. The number of rotatable bonds is 0. The SMILES string of the molecule is OC1C=CC2CC1c1ccccc12. The zero-order chi connectivity index (χ0) is 8.84. The van der Waals surface area contributed by atoms with Crippen LogP contribution in [0, 0.1) is 0 Å². The molecular weight excluding hydrogens is 160 g/mol. The summed E-state index contributed by atoms with van der Waals surface area (Å²) >= 11 is 0. The minimum Gasteiger partial charge on any atom is -0.388 e. The molecule has 0 spiro atoms. The van der Waals surface area contributed by atoms with E-state index < -0.39 is 0 Å². The van der Waals surface area contributed by atoms with E-state index in [4.69, 9.17) is 0 Å². The summed E-state index contributed by atoms with van der Waals surface area (Å²) in [6.45, 7) is 0. The van der Waals surface area contributed by atoms with Crippen molar-refractivity contribution in [3.8, 4) is 0 Å². The van der Waals surface area contributed by atoms with Crippen molar-refractivity contribution in [3.63, 3.8) is 0 Å². The molecular formula is C12H12O. The monoisotopic (exact) mass is 172 g/mol. The molecule has 0 saturated heterocycles. The first kappa shape index (κ1) is 7.34. The van der Waals surface area contributed by atoms with Crippen LogP contribution in [0.5, 0.6) is 0 Å². The van der Waals surface area contributed by atoms with E-state index in [-0.39, 0.29) is 6.10 Å². The predicted molar refractivity (Wildman–Crippen MR) is 51.7 cm³/mol. The highest BCUT2D eigenvalue weighted by molar-refractivity contribution is 5.44. The molecule has 1 heteroatoms. The van der Waals surface area contributed by atoms with E-state index in [0.717, 1.165) is 6.42 Å². The van der Waals surface area contributed by atoms with Crippen LogP contribution >= 0.6 is 0 Å². The van der Waals surface area contributed by atoms with E-state index in [1.165, 1.54) is 11.1 Å². The number of hydrogen-bond donors (Lipinski definition) is 1. The lowest BCUT2D eigenvalue weighted by Gasteiger charge is -2.19. The third kappa shape index (κ3) is 0.909. The van der Waals surface area contributed by atoms with Gasteiger partial charge in [0.05, 0.1) is 6.10 Å². The standard InChI is InChI=1S/C12H12O/c13-12-6-5-8-7-11(12)10-4-2-1-3-9(8)10/h1-6,8,11-13H,7H2. The molecule has 0 fully saturated rings. The Labute approximate surface area is 77.7 Å². The largest absolute Gasteiger partial charge is 0.388 e. The van der Waals surface area contributed by atoms with Crippen LogP contribution in [0.25, 0.3) is 0 Å². The van der Waals surface area contributed by atoms with Crippen LogP contribution in [-0.4, -0.2) is 11.2 Å². The second kappa shape index (κ2) is 2.46. The van der Waals surface area contributed by atoms with E-state index in [1.54, 1.807) is 0 Å². The average molecular weight is 172 g/mol. The van der Waals surface area contributed by atoms with Gasteiger partial charge in [0.25, 0.3) is 0 Å². The Morgan fingerprint density at radius 3 is 2.69 bits per heavy atom. The van der Waals surface area contributed by atoms with Gasteiger partial charge in [-0.05, 0) is 17.5 Å². The fourth-order valence-corrected chi connectivity index (χ4v) is 2.60. The van der Waals surface area contributed by atoms with E-state index in [9.17, 15) is 5.11 Å². The molecule has 13 heavy (non-hydrogen) atoms. The van der Waals surface area contributed by atoms with Crippen LogP contribution in [-0.2, 0) is 0 Å². The third-order valence-electron chi connectivity index (χ3n) is 3.26. The second-order valence-electron chi connectivity index (χ2n) is 3.95. The van der Waals surface area contributed by atoms with Gasteiger partial charge in [-0.3, -0.25) is 0 Å². The number of aliphatic hydroxyl groups is 1. The maximum Gasteiger partial charge on any atom is 0.0790 e. The molecule has 2 aliphatic rings. The molecule has 1 nitrogen and oxygen atoms in total. The van der Waals surface area contributed by atoms with Gasteiger partial charge in [0, 0.05) is 11.8 Å². The Balaban J connectivity index is 2.19. The molecule has 1 aromatic rings. The lowest BCUT2D eigenvalue weighted by atomic mass is 9.90. The Kier molecular flexibility index (Phi) is 1.39. The number of aliphatic hydroxyl groups excluding tert-OH is 1. The molecule has 0 aromatic heterocycles. The summed E-state index contributed by atoms with van der Waals surface area (Å²) in [7, 11) is 0. The fraction of sp³-hybridized carbons (Fsp3) is 0.333. The number of benzene rings is 1. The van der Waals surface area contributed by atoms with Gasteiger partial charge >= 0.3 is 0 Å². The van der Waals surface area contributed by atoms with E-state index in [2.05, 4.69) is 30.3 Å². The first-order valence-corrected chi connectivity index (χ1v) is 4.81. The lowest BCUT2D eigenvalue weighted by Crippen LogP contribution is -2.15. The third-order valence-corrected chi connectivity index (χ3v) is 3.26. The second-order valence-corrected chi connectivity index (χ2v) is 3.95. The van der Waals surface area contributed by atoms with Crippen LogP contribution in [0.2, 0.25) is 0 Å². The van der Waals surface area contributed by atoms with Gasteiger partial charge in [-0.1, -0.05) is 36.4 Å². The summed E-state index contributed by atoms with van der Waals surface area (Å²) in [6, 6.07) is 8.48. The maximum absolute atomic E-state index is 9.76. The number of fused-ring (bicyclic) bond motifs is 5. The molecule has 2 aliphatic carbocycles. The van der Waals surface area contributed by atoms with Crippen molar-refractivity contribution in [2.24, 2.45) is 0 Å². The molecule has 1 N–H and O–H groups in total. The summed E-state index contributed by atoms with van der Waals surface area (Å²) in [5.74, 6) is 0.913. The zero-order valence-corrected chi connectivity index (χ0v) is 7.35. The van der Waals surface area contributed by atoms with Gasteiger partial charge in [-0.25, -0.2) is 0 Å². The summed E-state index contributed by atoms with van der Waals surface area (Å²) < 4.78 is 0. The Morgan fingerprint density at radius 2 is 1.85 bits per heavy atom. The summed E-state index contributed by atoms with van der Waals surface area (Å²) in [5, 5.41) is 9.76. The Bertz CT molecular complexity index is 367. The topological polar surface area (TPSA) is 20.2 Å². The molecule has 0 radical (unpaired) electrons. The van der Waals surface area contributed by atoms with Crippen molar-refractivity contribution >= 4 is 0 Å². The van der Waals surface area contributed by atoms with Crippen LogP contribution in [0.1, 0.15) is 29.4 Å². The highest BCUT2D eigenvalue weighted by Crippen LogP contribution is 2.47. The van der Waals surface area contributed by atoms with Gasteiger partial charge in [-0.2, -0.15) is 0 Å². The zero-order valence-electron chi connectivity index (χ0n) is 7.35. The molecule has 3 atom stereocenters. The van der Waals surface area contributed by atoms with E-state index in [1.807, 2.05) is 6.08 Å². The minimum atomic E-state index is -0.264. The molecule has 0 aliphatic heterocycles. The van der Waals surface area contributed by atoms with Gasteiger partial charge < -0.3 is 5.11 Å². The molecule has 0 amide bonds. The van der Waals surface area contributed by atoms with Crippen molar-refractivity contribution in [2.45, 2.75) is 24.4 Å². The van der Waals surface area contributed by atoms with Crippen LogP contribution in [0.4, 0.5) is 0 Å². The predicted octanol–water partition coefficient (Wildman–Crippen LogP) is 2.19. The van der Waals surface area contributed by atoms with Crippen molar-refractivity contribution < 1.29 is 5.11 Å². The molecule has 0 saturated carbocycles. The minimum absolute atomic E-state index is 0.264. The molecule has 0 heterocycles. The highest BCUT2D eigenvalue weighted by atomic mass is 16.3. The van der Waals surface area contributed by atoms with Gasteiger partial charge in [0.15, 0.2) is 0 Å². The van der Waals surface area contributed by atoms with Crippen molar-refractivity contribution in [3.05, 3.63) is 47.5 Å². The molecule has 66 valence electrons. The van der Waals surface area contributed by atoms with Crippen LogP contribution in [0.15, 0.2) is 36.4 Å². The van der Waals surface area contributed by atoms with Gasteiger partial charge in [-0.15, -0.1) is 0 Å².